The highest BCUT2D eigenvalue weighted by molar-refractivity contribution is 6.32. The van der Waals surface area contributed by atoms with E-state index in [1.807, 2.05) is 0 Å². The quantitative estimate of drug-likeness (QED) is 0.190. The molecule has 30 heavy (non-hydrogen) atoms. The van der Waals surface area contributed by atoms with Crippen molar-refractivity contribution in [3.63, 3.8) is 0 Å². The smallest absolute Gasteiger partial charge is 0.343 e. The average Bonchev–Trinajstić information content (AvgIpc) is 2.75. The van der Waals surface area contributed by atoms with Crippen molar-refractivity contribution in [2.75, 3.05) is 6.61 Å². The van der Waals surface area contributed by atoms with Gasteiger partial charge in [-0.15, -0.1) is 0 Å². The number of benzene rings is 2. The zero-order valence-electron chi connectivity index (χ0n) is 17.9. The molecule has 0 aliphatic carbocycles. The minimum Gasteiger partial charge on any atom is -0.506 e. The number of unbranched alkanes of at least 4 members (excludes halogenated alkanes) is 9. The van der Waals surface area contributed by atoms with Gasteiger partial charge in [0.25, 0.3) is 0 Å². The Balaban J connectivity index is 1.59. The SMILES string of the molecule is CCCCCCCCCCCCOc1ccc(OC(=O)c2ccc(O)c(Cl)c2)cc1. The number of aromatic hydroxyl groups is 1. The Labute approximate surface area is 185 Å². The van der Waals surface area contributed by atoms with Gasteiger partial charge in [-0.05, 0) is 48.9 Å². The molecule has 0 unspecified atom stereocenters. The summed E-state index contributed by atoms with van der Waals surface area (Å²) in [5.41, 5.74) is 0.277. The van der Waals surface area contributed by atoms with E-state index in [0.29, 0.717) is 12.4 Å². The van der Waals surface area contributed by atoms with Gasteiger partial charge >= 0.3 is 5.97 Å². The van der Waals surface area contributed by atoms with E-state index >= 15 is 0 Å². The second kappa shape index (κ2) is 13.9. The van der Waals surface area contributed by atoms with Gasteiger partial charge in [0.15, 0.2) is 0 Å². The molecule has 0 spiro atoms. The topological polar surface area (TPSA) is 55.8 Å². The molecule has 0 radical (unpaired) electrons. The number of hydrogen-bond donors (Lipinski definition) is 1. The predicted molar refractivity (Wildman–Crippen MR) is 122 cm³/mol. The largest absolute Gasteiger partial charge is 0.506 e. The number of rotatable bonds is 14. The molecule has 0 aliphatic rings. The van der Waals surface area contributed by atoms with Crippen LogP contribution in [-0.2, 0) is 0 Å². The molecule has 2 aromatic carbocycles. The third kappa shape index (κ3) is 9.08. The minimum absolute atomic E-state index is 0.0721. The Morgan fingerprint density at radius 2 is 1.40 bits per heavy atom. The van der Waals surface area contributed by atoms with Crippen molar-refractivity contribution in [3.8, 4) is 17.2 Å². The Kier molecular flexibility index (Phi) is 11.2. The van der Waals surface area contributed by atoms with E-state index in [0.717, 1.165) is 12.2 Å². The number of hydrogen-bond acceptors (Lipinski definition) is 4. The van der Waals surface area contributed by atoms with E-state index in [2.05, 4.69) is 6.92 Å². The molecule has 0 saturated carbocycles. The normalized spacial score (nSPS) is 10.7. The summed E-state index contributed by atoms with van der Waals surface area (Å²) in [7, 11) is 0. The number of esters is 1. The van der Waals surface area contributed by atoms with Crippen LogP contribution in [-0.4, -0.2) is 17.7 Å². The summed E-state index contributed by atoms with van der Waals surface area (Å²) in [5, 5.41) is 9.54. The zero-order valence-corrected chi connectivity index (χ0v) is 18.6. The molecule has 0 heterocycles. The molecule has 0 aliphatic heterocycles. The lowest BCUT2D eigenvalue weighted by Gasteiger charge is -2.08. The van der Waals surface area contributed by atoms with E-state index in [1.165, 1.54) is 76.0 Å². The van der Waals surface area contributed by atoms with Crippen molar-refractivity contribution < 1.29 is 19.4 Å². The summed E-state index contributed by atoms with van der Waals surface area (Å²) in [6.45, 7) is 2.95. The van der Waals surface area contributed by atoms with E-state index in [1.54, 1.807) is 24.3 Å². The monoisotopic (exact) mass is 432 g/mol. The van der Waals surface area contributed by atoms with Crippen LogP contribution in [0.15, 0.2) is 42.5 Å². The maximum absolute atomic E-state index is 12.2. The Morgan fingerprint density at radius 1 is 0.833 bits per heavy atom. The van der Waals surface area contributed by atoms with Crippen LogP contribution < -0.4 is 9.47 Å². The molecular formula is C25H33ClO4. The number of ether oxygens (including phenoxy) is 2. The van der Waals surface area contributed by atoms with E-state index in [-0.39, 0.29) is 16.3 Å². The number of halogens is 1. The molecule has 164 valence electrons. The Bertz CT molecular complexity index is 758. The molecule has 0 fully saturated rings. The van der Waals surface area contributed by atoms with Gasteiger partial charge in [-0.3, -0.25) is 0 Å². The van der Waals surface area contributed by atoms with Crippen LogP contribution in [0.5, 0.6) is 17.2 Å². The van der Waals surface area contributed by atoms with Crippen molar-refractivity contribution in [1.82, 2.24) is 0 Å². The number of phenols is 1. The zero-order chi connectivity index (χ0) is 21.6. The number of phenolic OH excluding ortho intramolecular Hbond substituents is 1. The lowest BCUT2D eigenvalue weighted by Crippen LogP contribution is -2.08. The van der Waals surface area contributed by atoms with E-state index in [4.69, 9.17) is 21.1 Å². The van der Waals surface area contributed by atoms with Crippen molar-refractivity contribution >= 4 is 17.6 Å². The first kappa shape index (κ1) is 24.1. The summed E-state index contributed by atoms with van der Waals surface area (Å²) >= 11 is 5.83. The first-order chi connectivity index (χ1) is 14.6. The van der Waals surface area contributed by atoms with Gasteiger partial charge in [-0.1, -0.05) is 76.3 Å². The van der Waals surface area contributed by atoms with Gasteiger partial charge in [0.05, 0.1) is 17.2 Å². The standard InChI is InChI=1S/C25H33ClO4/c1-2-3-4-5-6-7-8-9-10-11-18-29-21-13-15-22(16-14-21)30-25(28)20-12-17-24(27)23(26)19-20/h12-17,19,27H,2-11,18H2,1H3. The molecule has 2 rings (SSSR count). The Hall–Kier alpha value is -2.20. The number of carbonyl (C=O) groups excluding carboxylic acids is 1. The van der Waals surface area contributed by atoms with E-state index < -0.39 is 5.97 Å². The van der Waals surface area contributed by atoms with Gasteiger partial charge in [0.2, 0.25) is 0 Å². The van der Waals surface area contributed by atoms with Crippen molar-refractivity contribution in [3.05, 3.63) is 53.1 Å². The molecular weight excluding hydrogens is 400 g/mol. The second-order valence-electron chi connectivity index (χ2n) is 7.56. The molecule has 2 aromatic rings. The number of carbonyl (C=O) groups is 1. The summed E-state index contributed by atoms with van der Waals surface area (Å²) in [6, 6.07) is 11.2. The van der Waals surface area contributed by atoms with Gasteiger partial charge in [0.1, 0.15) is 17.2 Å². The molecule has 0 atom stereocenters. The van der Waals surface area contributed by atoms with Crippen LogP contribution in [0.1, 0.15) is 81.5 Å². The van der Waals surface area contributed by atoms with Crippen molar-refractivity contribution in [2.45, 2.75) is 71.1 Å². The van der Waals surface area contributed by atoms with E-state index in [9.17, 15) is 9.90 Å². The third-order valence-corrected chi connectivity index (χ3v) is 5.29. The fourth-order valence-corrected chi connectivity index (χ4v) is 3.36. The minimum atomic E-state index is -0.532. The van der Waals surface area contributed by atoms with Crippen LogP contribution in [0.3, 0.4) is 0 Å². The van der Waals surface area contributed by atoms with Crippen LogP contribution in [0.25, 0.3) is 0 Å². The van der Waals surface area contributed by atoms with Crippen LogP contribution in [0.2, 0.25) is 5.02 Å². The first-order valence-corrected chi connectivity index (χ1v) is 11.4. The molecule has 5 heteroatoms. The van der Waals surface area contributed by atoms with Crippen molar-refractivity contribution in [2.24, 2.45) is 0 Å². The van der Waals surface area contributed by atoms with Crippen LogP contribution in [0.4, 0.5) is 0 Å². The summed E-state index contributed by atoms with van der Waals surface area (Å²) < 4.78 is 11.1. The second-order valence-corrected chi connectivity index (χ2v) is 7.96. The fraction of sp³-hybridized carbons (Fsp3) is 0.480. The van der Waals surface area contributed by atoms with Gasteiger partial charge in [-0.2, -0.15) is 0 Å². The lowest BCUT2D eigenvalue weighted by molar-refractivity contribution is 0.0734. The molecule has 0 amide bonds. The van der Waals surface area contributed by atoms with Crippen LogP contribution >= 0.6 is 11.6 Å². The molecule has 0 aromatic heterocycles. The van der Waals surface area contributed by atoms with Gasteiger partial charge < -0.3 is 14.6 Å². The predicted octanol–water partition coefficient (Wildman–Crippen LogP) is 7.56. The molecule has 1 N–H and O–H groups in total. The van der Waals surface area contributed by atoms with Gasteiger partial charge in [0, 0.05) is 0 Å². The highest BCUT2D eigenvalue weighted by Gasteiger charge is 2.11. The molecule has 0 bridgehead atoms. The summed E-state index contributed by atoms with van der Waals surface area (Å²) in [4.78, 5) is 12.2. The highest BCUT2D eigenvalue weighted by atomic mass is 35.5. The Morgan fingerprint density at radius 3 is 2.00 bits per heavy atom. The summed E-state index contributed by atoms with van der Waals surface area (Å²) in [6.07, 6.45) is 13.0. The lowest BCUT2D eigenvalue weighted by atomic mass is 10.1. The maximum atomic E-state index is 12.2. The third-order valence-electron chi connectivity index (χ3n) is 4.98. The molecule has 0 saturated heterocycles. The first-order valence-electron chi connectivity index (χ1n) is 11.0. The molecule has 4 nitrogen and oxygen atoms in total. The summed E-state index contributed by atoms with van der Waals surface area (Å²) in [5.74, 6) is 0.585. The van der Waals surface area contributed by atoms with Gasteiger partial charge in [-0.25, -0.2) is 4.79 Å². The van der Waals surface area contributed by atoms with Crippen LogP contribution in [0, 0.1) is 0 Å². The highest BCUT2D eigenvalue weighted by Crippen LogP contribution is 2.25. The average molecular weight is 433 g/mol. The fourth-order valence-electron chi connectivity index (χ4n) is 3.18. The van der Waals surface area contributed by atoms with Crippen molar-refractivity contribution in [1.29, 1.82) is 0 Å². The maximum Gasteiger partial charge on any atom is 0.343 e.